The maximum Gasteiger partial charge on any atom is 0.226 e. The third kappa shape index (κ3) is 9.59. The number of nitrogens with one attached hydrogen (secondary N) is 1. The summed E-state index contributed by atoms with van der Waals surface area (Å²) in [5.74, 6) is -1.14. The number of hydrogen-bond donors (Lipinski definition) is 5. The first-order chi connectivity index (χ1) is 18.3. The third-order valence-corrected chi connectivity index (χ3v) is 6.35. The van der Waals surface area contributed by atoms with Crippen molar-refractivity contribution in [1.29, 1.82) is 0 Å². The van der Waals surface area contributed by atoms with E-state index in [-0.39, 0.29) is 24.6 Å². The van der Waals surface area contributed by atoms with Crippen molar-refractivity contribution in [2.24, 2.45) is 11.7 Å². The normalized spacial score (nSPS) is 15.3. The average Bonchev–Trinajstić information content (AvgIpc) is 2.92. The number of hydrogen-bond acceptors (Lipinski definition) is 6. The molecule has 1 amide bonds. The lowest BCUT2D eigenvalue weighted by Gasteiger charge is -2.23. The molecule has 7 nitrogen and oxygen atoms in total. The molecule has 0 spiro atoms. The number of phenolic OH excluding ortho intramolecular Hbond substituents is 1. The Labute approximate surface area is 223 Å². The number of nitrogens with two attached hydrogens (primary N) is 1. The van der Waals surface area contributed by atoms with Crippen molar-refractivity contribution in [1.82, 2.24) is 5.32 Å². The van der Waals surface area contributed by atoms with Crippen LogP contribution in [0.4, 0.5) is 0 Å². The van der Waals surface area contributed by atoms with Gasteiger partial charge in [0.1, 0.15) is 12.0 Å². The predicted molar refractivity (Wildman–Crippen MR) is 147 cm³/mol. The van der Waals surface area contributed by atoms with Gasteiger partial charge in [-0.25, -0.2) is 0 Å². The van der Waals surface area contributed by atoms with Crippen molar-refractivity contribution in [2.45, 2.75) is 50.0 Å². The molecule has 7 heteroatoms. The van der Waals surface area contributed by atoms with Crippen LogP contribution in [0.15, 0.2) is 97.1 Å². The van der Waals surface area contributed by atoms with E-state index in [1.54, 1.807) is 24.3 Å². The van der Waals surface area contributed by atoms with E-state index in [4.69, 9.17) is 5.73 Å². The molecule has 0 bridgehead atoms. The summed E-state index contributed by atoms with van der Waals surface area (Å²) in [7, 11) is 0. The van der Waals surface area contributed by atoms with Crippen LogP contribution in [0.3, 0.4) is 0 Å². The fourth-order valence-electron chi connectivity index (χ4n) is 4.31. The number of carbonyl (C=O) groups excluding carboxylic acids is 2. The standard InChI is InChI=1S/C31H36N2O5/c32-25(17-24-11-13-27(35)14-12-24)20-28(36)15-16-30(37)29(19-23-9-5-2-6-10-23)31(38)33-26(21-34)18-22-7-3-1-4-8-22/h1-16,21,25-26,28-30,35-37H,17-20,32H2,(H,33,38)/t25-,26-,28+,29-,30+/m0/s1. The largest absolute Gasteiger partial charge is 0.508 e. The van der Waals surface area contributed by atoms with Crippen molar-refractivity contribution in [3.63, 3.8) is 0 Å². The monoisotopic (exact) mass is 516 g/mol. The molecule has 0 aliphatic heterocycles. The van der Waals surface area contributed by atoms with Gasteiger partial charge in [0.05, 0.1) is 24.2 Å². The van der Waals surface area contributed by atoms with E-state index in [0.29, 0.717) is 19.1 Å². The van der Waals surface area contributed by atoms with Gasteiger partial charge in [0.2, 0.25) is 5.91 Å². The van der Waals surface area contributed by atoms with Crippen LogP contribution in [0.2, 0.25) is 0 Å². The number of aromatic hydroxyl groups is 1. The zero-order valence-electron chi connectivity index (χ0n) is 21.3. The highest BCUT2D eigenvalue weighted by Crippen LogP contribution is 2.17. The van der Waals surface area contributed by atoms with E-state index >= 15 is 0 Å². The van der Waals surface area contributed by atoms with Gasteiger partial charge in [-0.3, -0.25) is 4.79 Å². The van der Waals surface area contributed by atoms with E-state index in [9.17, 15) is 24.9 Å². The Balaban J connectivity index is 1.64. The first-order valence-electron chi connectivity index (χ1n) is 12.8. The lowest BCUT2D eigenvalue weighted by molar-refractivity contribution is -0.129. The van der Waals surface area contributed by atoms with Crippen molar-refractivity contribution in [3.05, 3.63) is 114 Å². The Morgan fingerprint density at radius 1 is 0.789 bits per heavy atom. The van der Waals surface area contributed by atoms with Crippen LogP contribution in [-0.4, -0.2) is 51.8 Å². The molecule has 0 aliphatic rings. The van der Waals surface area contributed by atoms with E-state index in [1.807, 2.05) is 60.7 Å². The summed E-state index contributed by atoms with van der Waals surface area (Å²) in [6.07, 6.45) is 2.83. The Kier molecular flexibility index (Phi) is 11.2. The van der Waals surface area contributed by atoms with Crippen molar-refractivity contribution in [3.8, 4) is 5.75 Å². The maximum atomic E-state index is 13.2. The van der Waals surface area contributed by atoms with Gasteiger partial charge >= 0.3 is 0 Å². The smallest absolute Gasteiger partial charge is 0.226 e. The number of aliphatic hydroxyl groups excluding tert-OH is 2. The minimum absolute atomic E-state index is 0.174. The summed E-state index contributed by atoms with van der Waals surface area (Å²) >= 11 is 0. The van der Waals surface area contributed by atoms with Crippen molar-refractivity contribution >= 4 is 12.2 Å². The third-order valence-electron chi connectivity index (χ3n) is 6.35. The Bertz CT molecular complexity index is 1150. The number of phenols is 1. The molecule has 200 valence electrons. The molecule has 5 atom stereocenters. The summed E-state index contributed by atoms with van der Waals surface area (Å²) in [6.45, 7) is 0. The van der Waals surface area contributed by atoms with Crippen LogP contribution < -0.4 is 11.1 Å². The SMILES string of the molecule is N[C@@H](Cc1ccc(O)cc1)C[C@H](O)C=C[C@@H](O)[C@H](Cc1ccccc1)C(=O)N[C@H](C=O)Cc1ccccc1. The molecule has 3 aromatic carbocycles. The van der Waals surface area contributed by atoms with E-state index in [1.165, 1.54) is 12.2 Å². The van der Waals surface area contributed by atoms with Gasteiger partial charge in [0.15, 0.2) is 0 Å². The van der Waals surface area contributed by atoms with Gasteiger partial charge in [-0.2, -0.15) is 0 Å². The van der Waals surface area contributed by atoms with Gasteiger partial charge < -0.3 is 31.2 Å². The molecule has 6 N–H and O–H groups in total. The lowest BCUT2D eigenvalue weighted by Crippen LogP contribution is -2.45. The number of rotatable bonds is 14. The maximum absolute atomic E-state index is 13.2. The van der Waals surface area contributed by atoms with Crippen LogP contribution in [0, 0.1) is 5.92 Å². The van der Waals surface area contributed by atoms with Crippen LogP contribution in [0.5, 0.6) is 5.75 Å². The molecule has 38 heavy (non-hydrogen) atoms. The fraction of sp³-hybridized carbons (Fsp3) is 0.290. The predicted octanol–water partition coefficient (Wildman–Crippen LogP) is 2.72. The molecular weight excluding hydrogens is 480 g/mol. The van der Waals surface area contributed by atoms with Gasteiger partial charge in [0, 0.05) is 6.04 Å². The van der Waals surface area contributed by atoms with Crippen LogP contribution in [0.25, 0.3) is 0 Å². The first kappa shape index (κ1) is 28.8. The van der Waals surface area contributed by atoms with Crippen molar-refractivity contribution in [2.75, 3.05) is 0 Å². The molecule has 0 aliphatic carbocycles. The quantitative estimate of drug-likeness (QED) is 0.165. The molecule has 0 fully saturated rings. The number of amides is 1. The van der Waals surface area contributed by atoms with E-state index < -0.39 is 30.1 Å². The Hall–Kier alpha value is -3.78. The molecule has 0 aromatic heterocycles. The van der Waals surface area contributed by atoms with Gasteiger partial charge in [-0.15, -0.1) is 0 Å². The second-order valence-corrected chi connectivity index (χ2v) is 9.55. The second kappa shape index (κ2) is 14.8. The minimum atomic E-state index is -1.19. The summed E-state index contributed by atoms with van der Waals surface area (Å²) in [5.41, 5.74) is 8.89. The van der Waals surface area contributed by atoms with Crippen LogP contribution >= 0.6 is 0 Å². The average molecular weight is 517 g/mol. The highest BCUT2D eigenvalue weighted by Gasteiger charge is 2.27. The van der Waals surface area contributed by atoms with E-state index in [2.05, 4.69) is 5.32 Å². The topological polar surface area (TPSA) is 133 Å². The number of carbonyl (C=O) groups is 2. The van der Waals surface area contributed by atoms with Crippen LogP contribution in [0.1, 0.15) is 23.1 Å². The van der Waals surface area contributed by atoms with Gasteiger partial charge in [-0.1, -0.05) is 84.9 Å². The summed E-state index contributed by atoms with van der Waals surface area (Å²) in [5, 5.41) is 33.6. The zero-order chi connectivity index (χ0) is 27.3. The molecule has 0 saturated carbocycles. The number of aliphatic hydroxyl groups is 2. The number of benzene rings is 3. The Morgan fingerprint density at radius 2 is 1.34 bits per heavy atom. The molecule has 0 heterocycles. The number of aldehydes is 1. The molecular formula is C31H36N2O5. The summed E-state index contributed by atoms with van der Waals surface area (Å²) in [6, 6.07) is 24.4. The fourth-order valence-corrected chi connectivity index (χ4v) is 4.31. The molecule has 0 saturated heterocycles. The highest BCUT2D eigenvalue weighted by molar-refractivity contribution is 5.83. The molecule has 3 rings (SSSR count). The van der Waals surface area contributed by atoms with Gasteiger partial charge in [0.25, 0.3) is 0 Å². The first-order valence-corrected chi connectivity index (χ1v) is 12.8. The molecule has 0 radical (unpaired) electrons. The highest BCUT2D eigenvalue weighted by atomic mass is 16.3. The Morgan fingerprint density at radius 3 is 1.92 bits per heavy atom. The van der Waals surface area contributed by atoms with Crippen LogP contribution in [-0.2, 0) is 28.9 Å². The van der Waals surface area contributed by atoms with E-state index in [0.717, 1.165) is 16.7 Å². The van der Waals surface area contributed by atoms with Crippen molar-refractivity contribution < 1.29 is 24.9 Å². The zero-order valence-corrected chi connectivity index (χ0v) is 21.3. The lowest BCUT2D eigenvalue weighted by atomic mass is 9.91. The molecule has 3 aromatic rings. The minimum Gasteiger partial charge on any atom is -0.508 e. The second-order valence-electron chi connectivity index (χ2n) is 9.55. The summed E-state index contributed by atoms with van der Waals surface area (Å²) in [4.78, 5) is 24.9. The van der Waals surface area contributed by atoms with Gasteiger partial charge in [-0.05, 0) is 54.5 Å². The molecule has 0 unspecified atom stereocenters. The summed E-state index contributed by atoms with van der Waals surface area (Å²) < 4.78 is 0.